The summed E-state index contributed by atoms with van der Waals surface area (Å²) in [4.78, 5) is 29.0. The topological polar surface area (TPSA) is 96.5 Å². The number of benzene rings is 1. The second kappa shape index (κ2) is 8.18. The molecule has 0 bridgehead atoms. The Morgan fingerprint density at radius 3 is 2.85 bits per heavy atom. The summed E-state index contributed by atoms with van der Waals surface area (Å²) < 4.78 is 6.72. The average Bonchev–Trinajstić information content (AvgIpc) is 3.10. The number of nitriles is 1. The Morgan fingerprint density at radius 1 is 1.23 bits per heavy atom. The number of fused-ring (bicyclic) bond motifs is 1. The van der Waals surface area contributed by atoms with E-state index in [1.807, 2.05) is 24.3 Å². The van der Waals surface area contributed by atoms with Crippen molar-refractivity contribution < 1.29 is 14.3 Å². The lowest BCUT2D eigenvalue weighted by molar-refractivity contribution is -0.119. The molecule has 0 aliphatic carbocycles. The van der Waals surface area contributed by atoms with E-state index in [-0.39, 0.29) is 11.4 Å². The molecule has 2 aromatic heterocycles. The van der Waals surface area contributed by atoms with Crippen molar-refractivity contribution in [3.8, 4) is 6.07 Å². The fourth-order valence-electron chi connectivity index (χ4n) is 2.23. The molecule has 0 aliphatic heterocycles. The lowest BCUT2D eigenvalue weighted by atomic mass is 10.3. The number of carbonyl (C=O) groups excluding carboxylic acids is 2. The number of amides is 1. The number of ether oxygens (including phenoxy) is 1. The smallest absolute Gasteiger partial charge is 0.359 e. The van der Waals surface area contributed by atoms with Crippen molar-refractivity contribution in [1.82, 2.24) is 9.38 Å². The molecule has 0 spiro atoms. The summed E-state index contributed by atoms with van der Waals surface area (Å²) in [5, 5.41) is 11.4. The van der Waals surface area contributed by atoms with E-state index in [9.17, 15) is 9.59 Å². The number of para-hydroxylation sites is 1. The van der Waals surface area contributed by atoms with E-state index in [1.165, 1.54) is 11.8 Å². The Kier molecular flexibility index (Phi) is 5.51. The van der Waals surface area contributed by atoms with E-state index in [4.69, 9.17) is 10.00 Å². The van der Waals surface area contributed by atoms with Crippen molar-refractivity contribution in [2.75, 3.05) is 17.7 Å². The van der Waals surface area contributed by atoms with Crippen LogP contribution in [0.1, 0.15) is 10.5 Å². The van der Waals surface area contributed by atoms with Gasteiger partial charge in [0.05, 0.1) is 17.5 Å². The Labute approximate surface area is 153 Å². The number of pyridine rings is 1. The highest BCUT2D eigenvalue weighted by Gasteiger charge is 2.15. The second-order valence-corrected chi connectivity index (χ2v) is 6.18. The van der Waals surface area contributed by atoms with E-state index in [1.54, 1.807) is 41.1 Å². The van der Waals surface area contributed by atoms with Gasteiger partial charge in [-0.05, 0) is 24.3 Å². The fourth-order valence-corrected chi connectivity index (χ4v) is 2.90. The van der Waals surface area contributed by atoms with Crippen LogP contribution < -0.4 is 5.32 Å². The Balaban J connectivity index is 1.59. The molecule has 8 heteroatoms. The summed E-state index contributed by atoms with van der Waals surface area (Å²) in [6.45, 7) is -0.427. The standard InChI is InChI=1S/C18H14N4O3S/c19-8-10-26-15-6-2-1-5-13(15)21-17(23)12-25-18(24)14-11-22-9-4-3-7-16(22)20-14/h1-7,9,11H,10,12H2,(H,21,23). The molecule has 1 aromatic carbocycles. The maximum atomic E-state index is 12.1. The van der Waals surface area contributed by atoms with Gasteiger partial charge in [-0.3, -0.25) is 4.79 Å². The first-order valence-electron chi connectivity index (χ1n) is 7.67. The van der Waals surface area contributed by atoms with Gasteiger partial charge in [-0.15, -0.1) is 11.8 Å². The molecular formula is C18H14N4O3S. The minimum Gasteiger partial charge on any atom is -0.451 e. The predicted molar refractivity (Wildman–Crippen MR) is 96.9 cm³/mol. The van der Waals surface area contributed by atoms with Crippen LogP contribution in [0.3, 0.4) is 0 Å². The van der Waals surface area contributed by atoms with Crippen molar-refractivity contribution in [2.45, 2.75) is 4.90 Å². The van der Waals surface area contributed by atoms with Gasteiger partial charge in [-0.2, -0.15) is 5.26 Å². The number of nitrogens with zero attached hydrogens (tertiary/aromatic N) is 3. The molecule has 1 N–H and O–H groups in total. The Bertz CT molecular complexity index is 960. The highest BCUT2D eigenvalue weighted by molar-refractivity contribution is 7.99. The average molecular weight is 366 g/mol. The van der Waals surface area contributed by atoms with Crippen molar-refractivity contribution >= 4 is 35.0 Å². The number of nitrogens with one attached hydrogen (secondary N) is 1. The highest BCUT2D eigenvalue weighted by Crippen LogP contribution is 2.26. The summed E-state index contributed by atoms with van der Waals surface area (Å²) in [5.41, 5.74) is 1.32. The summed E-state index contributed by atoms with van der Waals surface area (Å²) >= 11 is 1.32. The van der Waals surface area contributed by atoms with Gasteiger partial charge >= 0.3 is 5.97 Å². The van der Waals surface area contributed by atoms with Crippen LogP contribution in [0.4, 0.5) is 5.69 Å². The van der Waals surface area contributed by atoms with Crippen LogP contribution in [-0.2, 0) is 9.53 Å². The van der Waals surface area contributed by atoms with Crippen molar-refractivity contribution in [1.29, 1.82) is 5.26 Å². The van der Waals surface area contributed by atoms with E-state index >= 15 is 0 Å². The fraction of sp³-hybridized carbons (Fsp3) is 0.111. The maximum absolute atomic E-state index is 12.1. The number of hydrogen-bond donors (Lipinski definition) is 1. The monoisotopic (exact) mass is 366 g/mol. The first-order chi connectivity index (χ1) is 12.7. The maximum Gasteiger partial charge on any atom is 0.359 e. The molecule has 3 aromatic rings. The molecule has 0 atom stereocenters. The molecule has 0 aliphatic rings. The molecule has 0 saturated heterocycles. The molecule has 0 radical (unpaired) electrons. The van der Waals surface area contributed by atoms with Gasteiger partial charge in [-0.1, -0.05) is 18.2 Å². The van der Waals surface area contributed by atoms with Gasteiger partial charge in [0.2, 0.25) is 0 Å². The number of imidazole rings is 1. The summed E-state index contributed by atoms with van der Waals surface area (Å²) in [6.07, 6.45) is 3.31. The van der Waals surface area contributed by atoms with Crippen LogP contribution in [0.5, 0.6) is 0 Å². The predicted octanol–water partition coefficient (Wildman–Crippen LogP) is 2.75. The van der Waals surface area contributed by atoms with Crippen LogP contribution in [0.2, 0.25) is 0 Å². The van der Waals surface area contributed by atoms with Crippen LogP contribution in [0.15, 0.2) is 59.8 Å². The zero-order chi connectivity index (χ0) is 18.4. The third kappa shape index (κ3) is 4.20. The molecule has 0 unspecified atom stereocenters. The SMILES string of the molecule is N#CCSc1ccccc1NC(=O)COC(=O)c1cn2ccccc2n1. The Morgan fingerprint density at radius 2 is 2.04 bits per heavy atom. The minimum atomic E-state index is -0.670. The number of hydrogen-bond acceptors (Lipinski definition) is 6. The molecule has 0 saturated carbocycles. The summed E-state index contributed by atoms with van der Waals surface area (Å²) in [5.74, 6) is -0.862. The molecular weight excluding hydrogens is 352 g/mol. The van der Waals surface area contributed by atoms with Gasteiger partial charge < -0.3 is 14.5 Å². The van der Waals surface area contributed by atoms with Gasteiger partial charge in [0, 0.05) is 17.3 Å². The molecule has 2 heterocycles. The second-order valence-electron chi connectivity index (χ2n) is 5.16. The highest BCUT2D eigenvalue weighted by atomic mass is 32.2. The van der Waals surface area contributed by atoms with Crippen molar-refractivity contribution in [2.24, 2.45) is 0 Å². The third-order valence-corrected chi connectivity index (χ3v) is 4.30. The summed E-state index contributed by atoms with van der Waals surface area (Å²) in [6, 6.07) is 14.6. The van der Waals surface area contributed by atoms with Gasteiger partial charge in [-0.25, -0.2) is 9.78 Å². The van der Waals surface area contributed by atoms with Crippen LogP contribution >= 0.6 is 11.8 Å². The zero-order valence-electron chi connectivity index (χ0n) is 13.6. The minimum absolute atomic E-state index is 0.133. The van der Waals surface area contributed by atoms with Gasteiger partial charge in [0.1, 0.15) is 5.65 Å². The molecule has 3 rings (SSSR count). The van der Waals surface area contributed by atoms with E-state index in [0.717, 1.165) is 4.90 Å². The lowest BCUT2D eigenvalue weighted by Crippen LogP contribution is -2.21. The first kappa shape index (κ1) is 17.5. The number of esters is 1. The first-order valence-corrected chi connectivity index (χ1v) is 8.65. The van der Waals surface area contributed by atoms with E-state index in [0.29, 0.717) is 11.3 Å². The molecule has 26 heavy (non-hydrogen) atoms. The van der Waals surface area contributed by atoms with Crippen molar-refractivity contribution in [3.05, 3.63) is 60.6 Å². The van der Waals surface area contributed by atoms with Gasteiger partial charge in [0.15, 0.2) is 12.3 Å². The normalized spacial score (nSPS) is 10.3. The third-order valence-electron chi connectivity index (χ3n) is 3.36. The molecule has 0 fully saturated rings. The van der Waals surface area contributed by atoms with E-state index in [2.05, 4.69) is 10.3 Å². The number of rotatable bonds is 6. The number of thioether (sulfide) groups is 1. The molecule has 1 amide bonds. The lowest BCUT2D eigenvalue weighted by Gasteiger charge is -2.09. The van der Waals surface area contributed by atoms with Gasteiger partial charge in [0.25, 0.3) is 5.91 Å². The number of carbonyl (C=O) groups is 2. The van der Waals surface area contributed by atoms with Crippen LogP contribution in [0.25, 0.3) is 5.65 Å². The number of anilines is 1. The van der Waals surface area contributed by atoms with Crippen LogP contribution in [-0.4, -0.2) is 33.6 Å². The summed E-state index contributed by atoms with van der Waals surface area (Å²) in [7, 11) is 0. The number of aromatic nitrogens is 2. The zero-order valence-corrected chi connectivity index (χ0v) is 14.4. The molecule has 130 valence electrons. The quantitative estimate of drug-likeness (QED) is 0.532. The van der Waals surface area contributed by atoms with E-state index < -0.39 is 18.5 Å². The van der Waals surface area contributed by atoms with Crippen LogP contribution in [0, 0.1) is 11.3 Å². The molecule has 7 nitrogen and oxygen atoms in total. The van der Waals surface area contributed by atoms with Crippen molar-refractivity contribution in [3.63, 3.8) is 0 Å². The largest absolute Gasteiger partial charge is 0.451 e. The Hall–Kier alpha value is -3.31.